The van der Waals surface area contributed by atoms with Crippen LogP contribution in [0.3, 0.4) is 0 Å². The zero-order valence-corrected chi connectivity index (χ0v) is 10.1. The van der Waals surface area contributed by atoms with Crippen LogP contribution in [0.2, 0.25) is 0 Å². The molecule has 1 atom stereocenters. The monoisotopic (exact) mass is 217 g/mol. The number of alkyl halides is 1. The summed E-state index contributed by atoms with van der Waals surface area (Å²) >= 11 is 5.82. The van der Waals surface area contributed by atoms with E-state index in [0.717, 1.165) is 19.4 Å². The van der Waals surface area contributed by atoms with Crippen molar-refractivity contribution in [3.05, 3.63) is 0 Å². The smallest absolute Gasteiger partial charge is 0.223 e. The van der Waals surface area contributed by atoms with Crippen molar-refractivity contribution in [3.8, 4) is 0 Å². The summed E-state index contributed by atoms with van der Waals surface area (Å²) in [5, 5.41) is 0. The number of carbonyl (C=O) groups is 1. The molecule has 1 rings (SSSR count). The lowest BCUT2D eigenvalue weighted by Gasteiger charge is -2.27. The van der Waals surface area contributed by atoms with Crippen molar-refractivity contribution >= 4 is 17.5 Å². The molecular formula is C11H20ClNO. The van der Waals surface area contributed by atoms with Gasteiger partial charge in [0.05, 0.1) is 0 Å². The normalized spacial score (nSPS) is 22.9. The van der Waals surface area contributed by atoms with E-state index < -0.39 is 0 Å². The molecule has 0 radical (unpaired) electrons. The molecule has 0 bridgehead atoms. The first kappa shape index (κ1) is 11.8. The number of nitrogens with zero attached hydrogens (tertiary/aromatic N) is 1. The highest BCUT2D eigenvalue weighted by Gasteiger charge is 2.29. The molecular weight excluding hydrogens is 198 g/mol. The molecule has 0 aromatic carbocycles. The topological polar surface area (TPSA) is 20.3 Å². The molecule has 1 unspecified atom stereocenters. The summed E-state index contributed by atoms with van der Waals surface area (Å²) in [5.41, 5.74) is 0.0799. The van der Waals surface area contributed by atoms with Gasteiger partial charge in [0.2, 0.25) is 5.91 Å². The molecule has 0 aromatic heterocycles. The molecule has 2 nitrogen and oxygen atoms in total. The largest absolute Gasteiger partial charge is 0.339 e. The number of hydrogen-bond donors (Lipinski definition) is 0. The third kappa shape index (κ3) is 3.16. The maximum Gasteiger partial charge on any atom is 0.223 e. The van der Waals surface area contributed by atoms with E-state index >= 15 is 0 Å². The average Bonchev–Trinajstić information content (AvgIpc) is 2.47. The molecule has 1 fully saturated rings. The summed E-state index contributed by atoms with van der Waals surface area (Å²) < 4.78 is 0. The first-order chi connectivity index (χ1) is 6.44. The number of likely N-dealkylation sites (tertiary alicyclic amines) is 1. The molecule has 14 heavy (non-hydrogen) atoms. The SMILES string of the molecule is CC(C)(C)CC(=O)N1CCCC1CCl. The number of carbonyl (C=O) groups excluding carboxylic acids is 1. The van der Waals surface area contributed by atoms with Gasteiger partial charge in [-0.3, -0.25) is 4.79 Å². The fraction of sp³-hybridized carbons (Fsp3) is 0.909. The fourth-order valence-electron chi connectivity index (χ4n) is 1.88. The van der Waals surface area contributed by atoms with Crippen LogP contribution < -0.4 is 0 Å². The molecule has 0 aromatic rings. The summed E-state index contributed by atoms with van der Waals surface area (Å²) in [6.45, 7) is 7.18. The van der Waals surface area contributed by atoms with Crippen molar-refractivity contribution in [2.24, 2.45) is 5.41 Å². The van der Waals surface area contributed by atoms with Crippen LogP contribution in [-0.2, 0) is 4.79 Å². The highest BCUT2D eigenvalue weighted by Crippen LogP contribution is 2.24. The molecule has 1 aliphatic rings. The Labute approximate surface area is 91.6 Å². The third-order valence-electron chi connectivity index (χ3n) is 2.56. The summed E-state index contributed by atoms with van der Waals surface area (Å²) in [6, 6.07) is 0.284. The van der Waals surface area contributed by atoms with Gasteiger partial charge in [-0.05, 0) is 18.3 Å². The lowest BCUT2D eigenvalue weighted by Crippen LogP contribution is -2.38. The zero-order chi connectivity index (χ0) is 10.8. The third-order valence-corrected chi connectivity index (χ3v) is 2.91. The van der Waals surface area contributed by atoms with E-state index in [4.69, 9.17) is 11.6 Å². The fourth-order valence-corrected chi connectivity index (χ4v) is 2.20. The Morgan fingerprint density at radius 3 is 2.64 bits per heavy atom. The second-order valence-corrected chi connectivity index (χ2v) is 5.58. The van der Waals surface area contributed by atoms with Crippen molar-refractivity contribution in [1.29, 1.82) is 0 Å². The Balaban J connectivity index is 2.52. The van der Waals surface area contributed by atoms with Gasteiger partial charge in [0.15, 0.2) is 0 Å². The van der Waals surface area contributed by atoms with Crippen LogP contribution >= 0.6 is 11.6 Å². The number of hydrogen-bond acceptors (Lipinski definition) is 1. The molecule has 1 aliphatic heterocycles. The van der Waals surface area contributed by atoms with Gasteiger partial charge >= 0.3 is 0 Å². The molecule has 1 heterocycles. The van der Waals surface area contributed by atoms with Crippen molar-refractivity contribution < 1.29 is 4.79 Å². The van der Waals surface area contributed by atoms with E-state index in [2.05, 4.69) is 20.8 Å². The standard InChI is InChI=1S/C11H20ClNO/c1-11(2,3)7-10(14)13-6-4-5-9(13)8-12/h9H,4-8H2,1-3H3. The van der Waals surface area contributed by atoms with Gasteiger partial charge < -0.3 is 4.90 Å². The molecule has 82 valence electrons. The summed E-state index contributed by atoms with van der Waals surface area (Å²) in [6.07, 6.45) is 2.80. The van der Waals surface area contributed by atoms with Crippen LogP contribution in [0.5, 0.6) is 0 Å². The zero-order valence-electron chi connectivity index (χ0n) is 9.35. The summed E-state index contributed by atoms with van der Waals surface area (Å²) in [4.78, 5) is 13.9. The maximum atomic E-state index is 11.9. The van der Waals surface area contributed by atoms with E-state index in [9.17, 15) is 4.79 Å². The van der Waals surface area contributed by atoms with Gasteiger partial charge in [0, 0.05) is 24.9 Å². The number of halogens is 1. The average molecular weight is 218 g/mol. The van der Waals surface area contributed by atoms with E-state index in [1.807, 2.05) is 4.90 Å². The molecule has 0 N–H and O–H groups in total. The lowest BCUT2D eigenvalue weighted by molar-refractivity contribution is -0.133. The Morgan fingerprint density at radius 1 is 1.50 bits per heavy atom. The van der Waals surface area contributed by atoms with Crippen LogP contribution in [0, 0.1) is 5.41 Å². The Hall–Kier alpha value is -0.240. The molecule has 1 amide bonds. The maximum absolute atomic E-state index is 11.9. The Kier molecular flexibility index (Phi) is 3.82. The molecule has 1 saturated heterocycles. The van der Waals surface area contributed by atoms with Gasteiger partial charge in [-0.15, -0.1) is 11.6 Å². The van der Waals surface area contributed by atoms with E-state index in [1.54, 1.807) is 0 Å². The van der Waals surface area contributed by atoms with Crippen molar-refractivity contribution in [2.45, 2.75) is 46.1 Å². The molecule has 3 heteroatoms. The molecule has 0 aliphatic carbocycles. The summed E-state index contributed by atoms with van der Waals surface area (Å²) in [5.74, 6) is 0.844. The van der Waals surface area contributed by atoms with Crippen LogP contribution in [-0.4, -0.2) is 29.3 Å². The van der Waals surface area contributed by atoms with Gasteiger partial charge in [-0.1, -0.05) is 20.8 Å². The van der Waals surface area contributed by atoms with Crippen LogP contribution in [0.4, 0.5) is 0 Å². The molecule has 0 spiro atoms. The van der Waals surface area contributed by atoms with Crippen molar-refractivity contribution in [3.63, 3.8) is 0 Å². The van der Waals surface area contributed by atoms with E-state index in [1.165, 1.54) is 0 Å². The van der Waals surface area contributed by atoms with Crippen molar-refractivity contribution in [1.82, 2.24) is 4.90 Å². The van der Waals surface area contributed by atoms with Crippen LogP contribution in [0.25, 0.3) is 0 Å². The number of rotatable bonds is 2. The van der Waals surface area contributed by atoms with Gasteiger partial charge in [-0.2, -0.15) is 0 Å². The number of amides is 1. The molecule has 0 saturated carbocycles. The highest BCUT2D eigenvalue weighted by molar-refractivity contribution is 6.18. The van der Waals surface area contributed by atoms with Crippen LogP contribution in [0.1, 0.15) is 40.0 Å². The minimum Gasteiger partial charge on any atom is -0.339 e. The lowest BCUT2D eigenvalue weighted by atomic mass is 9.91. The van der Waals surface area contributed by atoms with Gasteiger partial charge in [-0.25, -0.2) is 0 Å². The van der Waals surface area contributed by atoms with Gasteiger partial charge in [0.25, 0.3) is 0 Å². The summed E-state index contributed by atoms with van der Waals surface area (Å²) in [7, 11) is 0. The quantitative estimate of drug-likeness (QED) is 0.652. The predicted molar refractivity (Wildman–Crippen MR) is 59.5 cm³/mol. The highest BCUT2D eigenvalue weighted by atomic mass is 35.5. The minimum atomic E-state index is 0.0799. The minimum absolute atomic E-state index is 0.0799. The van der Waals surface area contributed by atoms with E-state index in [-0.39, 0.29) is 17.4 Å². The second-order valence-electron chi connectivity index (χ2n) is 5.27. The Morgan fingerprint density at radius 2 is 2.14 bits per heavy atom. The van der Waals surface area contributed by atoms with Crippen LogP contribution in [0.15, 0.2) is 0 Å². The first-order valence-electron chi connectivity index (χ1n) is 5.29. The van der Waals surface area contributed by atoms with Crippen molar-refractivity contribution in [2.75, 3.05) is 12.4 Å². The second kappa shape index (κ2) is 4.52. The predicted octanol–water partition coefficient (Wildman–Crippen LogP) is 2.65. The van der Waals surface area contributed by atoms with Gasteiger partial charge in [0.1, 0.15) is 0 Å². The first-order valence-corrected chi connectivity index (χ1v) is 5.83. The van der Waals surface area contributed by atoms with E-state index in [0.29, 0.717) is 12.3 Å². The Bertz CT molecular complexity index is 210.